The van der Waals surface area contributed by atoms with Crippen molar-refractivity contribution in [3.05, 3.63) is 23.8 Å². The average Bonchev–Trinajstić information content (AvgIpc) is 2.16. The zero-order valence-corrected chi connectivity index (χ0v) is 9.87. The van der Waals surface area contributed by atoms with E-state index in [1.165, 1.54) is 0 Å². The van der Waals surface area contributed by atoms with Crippen LogP contribution in [0, 0.1) is 0 Å². The fraction of sp³-hybridized carbons (Fsp3) is 0.636. The molecule has 4 heteroatoms. The van der Waals surface area contributed by atoms with Crippen LogP contribution in [0.3, 0.4) is 0 Å². The number of hydrogen-bond acceptors (Lipinski definition) is 4. The highest BCUT2D eigenvalue weighted by molar-refractivity contribution is 5.05. The van der Waals surface area contributed by atoms with Gasteiger partial charge in [-0.1, -0.05) is 0 Å². The van der Waals surface area contributed by atoms with Crippen LogP contribution in [-0.4, -0.2) is 22.6 Å². The van der Waals surface area contributed by atoms with E-state index in [1.54, 1.807) is 7.11 Å². The van der Waals surface area contributed by atoms with Gasteiger partial charge in [-0.15, -0.1) is 0 Å². The van der Waals surface area contributed by atoms with Crippen molar-refractivity contribution in [1.29, 1.82) is 0 Å². The van der Waals surface area contributed by atoms with Crippen LogP contribution < -0.4 is 5.32 Å². The highest BCUT2D eigenvalue weighted by atomic mass is 16.5. The summed E-state index contributed by atoms with van der Waals surface area (Å²) in [6.07, 6.45) is 3.67. The molecule has 84 valence electrons. The molecule has 0 atom stereocenters. The molecule has 0 bridgehead atoms. The van der Waals surface area contributed by atoms with E-state index in [1.807, 2.05) is 12.4 Å². The molecule has 0 saturated carbocycles. The maximum Gasteiger partial charge on any atom is 0.153 e. The third kappa shape index (κ3) is 4.85. The first-order chi connectivity index (χ1) is 7.01. The molecule has 1 heterocycles. The van der Waals surface area contributed by atoms with Gasteiger partial charge in [0, 0.05) is 37.2 Å². The standard InChI is InChI=1S/C11H19N3O/c1-11(2,3)14-7-9-5-12-10(8-15-4)13-6-9/h5-6,14H,7-8H2,1-4H3. The summed E-state index contributed by atoms with van der Waals surface area (Å²) in [7, 11) is 1.64. The Morgan fingerprint density at radius 3 is 2.33 bits per heavy atom. The van der Waals surface area contributed by atoms with E-state index >= 15 is 0 Å². The number of hydrogen-bond donors (Lipinski definition) is 1. The summed E-state index contributed by atoms with van der Waals surface area (Å²) in [5.74, 6) is 0.719. The molecule has 0 spiro atoms. The molecular formula is C11H19N3O. The van der Waals surface area contributed by atoms with Crippen molar-refractivity contribution in [2.24, 2.45) is 0 Å². The van der Waals surface area contributed by atoms with Crippen molar-refractivity contribution >= 4 is 0 Å². The van der Waals surface area contributed by atoms with E-state index in [-0.39, 0.29) is 5.54 Å². The van der Waals surface area contributed by atoms with Crippen LogP contribution in [0.1, 0.15) is 32.2 Å². The summed E-state index contributed by atoms with van der Waals surface area (Å²) in [6, 6.07) is 0. The Kier molecular flexibility index (Phi) is 4.17. The molecule has 0 aliphatic carbocycles. The lowest BCUT2D eigenvalue weighted by Gasteiger charge is -2.20. The van der Waals surface area contributed by atoms with Crippen molar-refractivity contribution in [1.82, 2.24) is 15.3 Å². The molecule has 0 saturated heterocycles. The molecule has 0 aliphatic rings. The largest absolute Gasteiger partial charge is 0.377 e. The summed E-state index contributed by atoms with van der Waals surface area (Å²) in [5, 5.41) is 3.38. The molecule has 0 amide bonds. The Hall–Kier alpha value is -1.00. The van der Waals surface area contributed by atoms with Gasteiger partial charge in [-0.05, 0) is 20.8 Å². The van der Waals surface area contributed by atoms with Gasteiger partial charge >= 0.3 is 0 Å². The van der Waals surface area contributed by atoms with Gasteiger partial charge in [-0.2, -0.15) is 0 Å². The zero-order chi connectivity index (χ0) is 11.3. The Bertz CT molecular complexity index is 290. The van der Waals surface area contributed by atoms with Crippen LogP contribution in [0.5, 0.6) is 0 Å². The maximum absolute atomic E-state index is 4.94. The topological polar surface area (TPSA) is 47.0 Å². The summed E-state index contributed by atoms with van der Waals surface area (Å²) < 4.78 is 4.94. The lowest BCUT2D eigenvalue weighted by Crippen LogP contribution is -2.35. The Labute approximate surface area is 91.1 Å². The molecule has 1 N–H and O–H groups in total. The summed E-state index contributed by atoms with van der Waals surface area (Å²) in [6.45, 7) is 7.65. The first-order valence-electron chi connectivity index (χ1n) is 5.05. The predicted molar refractivity (Wildman–Crippen MR) is 59.3 cm³/mol. The fourth-order valence-electron chi connectivity index (χ4n) is 1.04. The number of rotatable bonds is 4. The second-order valence-corrected chi connectivity index (χ2v) is 4.54. The van der Waals surface area contributed by atoms with Gasteiger partial charge in [-0.3, -0.25) is 0 Å². The predicted octanol–water partition coefficient (Wildman–Crippen LogP) is 1.51. The third-order valence-electron chi connectivity index (χ3n) is 1.86. The molecule has 0 aliphatic heterocycles. The van der Waals surface area contributed by atoms with Crippen molar-refractivity contribution in [3.8, 4) is 0 Å². The Morgan fingerprint density at radius 2 is 1.87 bits per heavy atom. The van der Waals surface area contributed by atoms with Gasteiger partial charge in [0.1, 0.15) is 6.61 Å². The quantitative estimate of drug-likeness (QED) is 0.816. The van der Waals surface area contributed by atoms with Gasteiger partial charge in [0.15, 0.2) is 5.82 Å². The van der Waals surface area contributed by atoms with Crippen LogP contribution in [-0.2, 0) is 17.9 Å². The average molecular weight is 209 g/mol. The van der Waals surface area contributed by atoms with Gasteiger partial charge in [-0.25, -0.2) is 9.97 Å². The molecule has 1 aromatic rings. The maximum atomic E-state index is 4.94. The molecule has 0 unspecified atom stereocenters. The Balaban J connectivity index is 2.50. The summed E-state index contributed by atoms with van der Waals surface area (Å²) in [5.41, 5.74) is 1.20. The van der Waals surface area contributed by atoms with Crippen molar-refractivity contribution in [3.63, 3.8) is 0 Å². The second kappa shape index (κ2) is 5.19. The monoisotopic (exact) mass is 209 g/mol. The van der Waals surface area contributed by atoms with Crippen molar-refractivity contribution in [2.45, 2.75) is 39.5 Å². The summed E-state index contributed by atoms with van der Waals surface area (Å²) in [4.78, 5) is 8.39. The third-order valence-corrected chi connectivity index (χ3v) is 1.86. The van der Waals surface area contributed by atoms with Crippen LogP contribution in [0.15, 0.2) is 12.4 Å². The molecule has 15 heavy (non-hydrogen) atoms. The molecule has 1 aromatic heterocycles. The van der Waals surface area contributed by atoms with E-state index in [0.717, 1.165) is 17.9 Å². The van der Waals surface area contributed by atoms with E-state index in [0.29, 0.717) is 6.61 Å². The molecule has 4 nitrogen and oxygen atoms in total. The van der Waals surface area contributed by atoms with Crippen LogP contribution in [0.2, 0.25) is 0 Å². The molecule has 0 fully saturated rings. The normalized spacial score (nSPS) is 11.7. The number of aromatic nitrogens is 2. The first kappa shape index (κ1) is 12.1. The van der Waals surface area contributed by atoms with Crippen LogP contribution in [0.25, 0.3) is 0 Å². The van der Waals surface area contributed by atoms with Crippen molar-refractivity contribution < 1.29 is 4.74 Å². The number of nitrogens with one attached hydrogen (secondary N) is 1. The second-order valence-electron chi connectivity index (χ2n) is 4.54. The van der Waals surface area contributed by atoms with Gasteiger partial charge < -0.3 is 10.1 Å². The molecule has 1 rings (SSSR count). The van der Waals surface area contributed by atoms with Gasteiger partial charge in [0.2, 0.25) is 0 Å². The summed E-state index contributed by atoms with van der Waals surface area (Å²) >= 11 is 0. The molecule has 0 radical (unpaired) electrons. The highest BCUT2D eigenvalue weighted by Gasteiger charge is 2.08. The van der Waals surface area contributed by atoms with E-state index in [2.05, 4.69) is 36.1 Å². The lowest BCUT2D eigenvalue weighted by atomic mass is 10.1. The van der Waals surface area contributed by atoms with Gasteiger partial charge in [0.05, 0.1) is 0 Å². The smallest absolute Gasteiger partial charge is 0.153 e. The van der Waals surface area contributed by atoms with Crippen LogP contribution in [0.4, 0.5) is 0 Å². The van der Waals surface area contributed by atoms with E-state index in [4.69, 9.17) is 4.74 Å². The van der Waals surface area contributed by atoms with Crippen molar-refractivity contribution in [2.75, 3.05) is 7.11 Å². The Morgan fingerprint density at radius 1 is 1.27 bits per heavy atom. The highest BCUT2D eigenvalue weighted by Crippen LogP contribution is 2.02. The molecule has 0 aromatic carbocycles. The lowest BCUT2D eigenvalue weighted by molar-refractivity contribution is 0.177. The number of ether oxygens (including phenoxy) is 1. The minimum absolute atomic E-state index is 0.116. The molecular weight excluding hydrogens is 190 g/mol. The van der Waals surface area contributed by atoms with E-state index < -0.39 is 0 Å². The fourth-order valence-corrected chi connectivity index (χ4v) is 1.04. The minimum Gasteiger partial charge on any atom is -0.377 e. The first-order valence-corrected chi connectivity index (χ1v) is 5.05. The van der Waals surface area contributed by atoms with Crippen LogP contribution >= 0.6 is 0 Å². The van der Waals surface area contributed by atoms with E-state index in [9.17, 15) is 0 Å². The number of methoxy groups -OCH3 is 1. The minimum atomic E-state index is 0.116. The van der Waals surface area contributed by atoms with Gasteiger partial charge in [0.25, 0.3) is 0 Å². The number of nitrogens with zero attached hydrogens (tertiary/aromatic N) is 2. The SMILES string of the molecule is COCc1ncc(CNC(C)(C)C)cn1. The zero-order valence-electron chi connectivity index (χ0n) is 9.87.